The Labute approximate surface area is 214 Å². The number of nitrogens with one attached hydrogen (secondary N) is 1. The number of hydrogen-bond acceptors (Lipinski definition) is 3. The van der Waals surface area contributed by atoms with Gasteiger partial charge in [0.05, 0.1) is 17.2 Å². The van der Waals surface area contributed by atoms with Crippen LogP contribution >= 0.6 is 23.2 Å². The van der Waals surface area contributed by atoms with E-state index >= 15 is 0 Å². The fourth-order valence-corrected chi connectivity index (χ4v) is 5.85. The van der Waals surface area contributed by atoms with Gasteiger partial charge >= 0.3 is 0 Å². The number of ether oxygens (including phenoxy) is 1. The van der Waals surface area contributed by atoms with E-state index in [0.717, 1.165) is 56.6 Å². The fourth-order valence-electron chi connectivity index (χ4n) is 5.54. The Morgan fingerprint density at radius 3 is 2.40 bits per heavy atom. The average molecular weight is 500 g/mol. The average Bonchev–Trinajstić information content (AvgIpc) is 2.89. The third-order valence-electron chi connectivity index (χ3n) is 7.21. The molecule has 0 saturated carbocycles. The number of anilines is 1. The van der Waals surface area contributed by atoms with Crippen molar-refractivity contribution in [3.8, 4) is 5.75 Å². The highest BCUT2D eigenvalue weighted by atomic mass is 35.5. The summed E-state index contributed by atoms with van der Waals surface area (Å²) in [6.07, 6.45) is 1.22. The summed E-state index contributed by atoms with van der Waals surface area (Å²) in [7, 11) is 1.66. The first-order valence-electron chi connectivity index (χ1n) is 11.7. The van der Waals surface area contributed by atoms with Crippen LogP contribution in [0.2, 0.25) is 10.0 Å². The van der Waals surface area contributed by atoms with E-state index in [1.54, 1.807) is 7.11 Å². The molecule has 0 aromatic heterocycles. The molecule has 0 amide bonds. The number of benzene rings is 4. The highest BCUT2D eigenvalue weighted by Gasteiger charge is 2.39. The highest BCUT2D eigenvalue weighted by molar-refractivity contribution is 6.42. The van der Waals surface area contributed by atoms with Crippen molar-refractivity contribution in [3.63, 3.8) is 0 Å². The molecule has 174 valence electrons. The van der Waals surface area contributed by atoms with E-state index in [-0.39, 0.29) is 17.6 Å². The van der Waals surface area contributed by atoms with Gasteiger partial charge in [0.2, 0.25) is 0 Å². The second-order valence-corrected chi connectivity index (χ2v) is 9.99. The maximum absolute atomic E-state index is 13.8. The van der Waals surface area contributed by atoms with Gasteiger partial charge in [0, 0.05) is 29.3 Å². The Balaban J connectivity index is 1.52. The number of carbonyl (C=O) groups is 1. The van der Waals surface area contributed by atoms with Crippen LogP contribution in [0.15, 0.2) is 90.1 Å². The minimum Gasteiger partial charge on any atom is -0.497 e. The van der Waals surface area contributed by atoms with Crippen molar-refractivity contribution in [1.82, 2.24) is 0 Å². The number of ketones is 1. The molecule has 3 nitrogen and oxygen atoms in total. The second-order valence-electron chi connectivity index (χ2n) is 9.17. The summed E-state index contributed by atoms with van der Waals surface area (Å²) < 4.78 is 5.31. The van der Waals surface area contributed by atoms with Crippen molar-refractivity contribution >= 4 is 45.4 Å². The fraction of sp³-hybridized carbons (Fsp3) is 0.167. The molecule has 5 heteroatoms. The summed E-state index contributed by atoms with van der Waals surface area (Å²) in [6, 6.07) is 26.3. The molecule has 35 heavy (non-hydrogen) atoms. The molecule has 1 aliphatic carbocycles. The molecule has 2 aliphatic rings. The van der Waals surface area contributed by atoms with Crippen LogP contribution in [0, 0.1) is 0 Å². The maximum atomic E-state index is 13.8. The van der Waals surface area contributed by atoms with Gasteiger partial charge in [-0.15, -0.1) is 0 Å². The van der Waals surface area contributed by atoms with Gasteiger partial charge in [-0.1, -0.05) is 71.7 Å². The number of Topliss-reactive ketones (excluding diaryl/α,β-unsaturated/α-hetero) is 1. The van der Waals surface area contributed by atoms with E-state index < -0.39 is 0 Å². The molecule has 0 saturated heterocycles. The van der Waals surface area contributed by atoms with Gasteiger partial charge in [0.1, 0.15) is 5.75 Å². The van der Waals surface area contributed by atoms with Gasteiger partial charge in [-0.3, -0.25) is 4.79 Å². The third-order valence-corrected chi connectivity index (χ3v) is 7.94. The summed E-state index contributed by atoms with van der Waals surface area (Å²) in [5.74, 6) is 0.865. The Hall–Kier alpha value is -3.27. The minimum absolute atomic E-state index is 0.108. The first-order valence-corrected chi connectivity index (χ1v) is 12.4. The second kappa shape index (κ2) is 8.75. The Morgan fingerprint density at radius 1 is 0.857 bits per heavy atom. The summed E-state index contributed by atoms with van der Waals surface area (Å²) in [5, 5.41) is 6.91. The van der Waals surface area contributed by atoms with E-state index in [9.17, 15) is 4.79 Å². The molecule has 4 aromatic rings. The smallest absolute Gasteiger partial charge is 0.162 e. The van der Waals surface area contributed by atoms with Crippen LogP contribution in [-0.4, -0.2) is 12.9 Å². The Morgan fingerprint density at radius 2 is 1.63 bits per heavy atom. The zero-order valence-electron chi connectivity index (χ0n) is 19.1. The number of methoxy groups -OCH3 is 1. The predicted octanol–water partition coefficient (Wildman–Crippen LogP) is 8.11. The van der Waals surface area contributed by atoms with Crippen molar-refractivity contribution < 1.29 is 9.53 Å². The van der Waals surface area contributed by atoms with Gasteiger partial charge in [0.25, 0.3) is 0 Å². The number of hydrogen-bond donors (Lipinski definition) is 1. The van der Waals surface area contributed by atoms with Gasteiger partial charge in [-0.05, 0) is 70.1 Å². The van der Waals surface area contributed by atoms with E-state index in [2.05, 4.69) is 41.7 Å². The number of halogens is 2. The molecule has 0 spiro atoms. The van der Waals surface area contributed by atoms with Gasteiger partial charge in [-0.2, -0.15) is 0 Å². The molecule has 0 fully saturated rings. The molecular weight excluding hydrogens is 477 g/mol. The predicted molar refractivity (Wildman–Crippen MR) is 143 cm³/mol. The van der Waals surface area contributed by atoms with E-state index in [1.165, 1.54) is 0 Å². The molecule has 4 aromatic carbocycles. The largest absolute Gasteiger partial charge is 0.497 e. The molecule has 1 N–H and O–H groups in total. The van der Waals surface area contributed by atoms with Crippen LogP contribution in [-0.2, 0) is 4.79 Å². The van der Waals surface area contributed by atoms with Crippen molar-refractivity contribution in [1.29, 1.82) is 0 Å². The van der Waals surface area contributed by atoms with E-state index in [1.807, 2.05) is 42.5 Å². The zero-order valence-corrected chi connectivity index (χ0v) is 20.7. The Bertz CT molecular complexity index is 1510. The van der Waals surface area contributed by atoms with Crippen LogP contribution in [0.25, 0.3) is 10.8 Å². The van der Waals surface area contributed by atoms with Gasteiger partial charge in [0.15, 0.2) is 5.78 Å². The first kappa shape index (κ1) is 22.2. The summed E-state index contributed by atoms with van der Waals surface area (Å²) in [5.41, 5.74) is 6.07. The minimum atomic E-state index is -0.216. The van der Waals surface area contributed by atoms with Crippen LogP contribution in [0.4, 0.5) is 5.69 Å². The third kappa shape index (κ3) is 3.80. The molecular formula is C30H23Cl2NO2. The van der Waals surface area contributed by atoms with Crippen LogP contribution in [0.3, 0.4) is 0 Å². The topological polar surface area (TPSA) is 38.3 Å². The van der Waals surface area contributed by atoms with Crippen LogP contribution in [0.5, 0.6) is 5.75 Å². The summed E-state index contributed by atoms with van der Waals surface area (Å²) in [4.78, 5) is 13.8. The van der Waals surface area contributed by atoms with Crippen molar-refractivity contribution in [2.45, 2.75) is 24.7 Å². The van der Waals surface area contributed by atoms with E-state index in [0.29, 0.717) is 16.5 Å². The van der Waals surface area contributed by atoms with Gasteiger partial charge in [-0.25, -0.2) is 0 Å². The highest BCUT2D eigenvalue weighted by Crippen LogP contribution is 2.50. The first-order chi connectivity index (χ1) is 17.0. The molecule has 6 rings (SSSR count). The lowest BCUT2D eigenvalue weighted by Gasteiger charge is -2.37. The molecule has 1 heterocycles. The van der Waals surface area contributed by atoms with E-state index in [4.69, 9.17) is 27.9 Å². The lowest BCUT2D eigenvalue weighted by atomic mass is 9.71. The van der Waals surface area contributed by atoms with Crippen LogP contribution < -0.4 is 10.1 Å². The molecule has 0 bridgehead atoms. The number of rotatable bonds is 3. The summed E-state index contributed by atoms with van der Waals surface area (Å²) in [6.45, 7) is 0. The maximum Gasteiger partial charge on any atom is 0.162 e. The quantitative estimate of drug-likeness (QED) is 0.309. The monoisotopic (exact) mass is 499 g/mol. The van der Waals surface area contributed by atoms with Crippen LogP contribution in [0.1, 0.15) is 41.4 Å². The lowest BCUT2D eigenvalue weighted by molar-refractivity contribution is -0.116. The normalized spacial score (nSPS) is 19.2. The van der Waals surface area contributed by atoms with Crippen molar-refractivity contribution in [2.24, 2.45) is 0 Å². The number of carbonyl (C=O) groups excluding carboxylic acids is 1. The molecule has 2 atom stereocenters. The molecule has 0 unspecified atom stereocenters. The van der Waals surface area contributed by atoms with Gasteiger partial charge < -0.3 is 10.1 Å². The molecule has 0 radical (unpaired) electrons. The Kier molecular flexibility index (Phi) is 5.55. The summed E-state index contributed by atoms with van der Waals surface area (Å²) >= 11 is 12.7. The number of allylic oxidation sites excluding steroid dienone is 2. The zero-order chi connectivity index (χ0) is 24.1. The standard InChI is InChI=1S/C30H23Cl2NO2/c1-35-21-10-6-17(7-11-21)20-15-26-30(27(34)16-20)28(19-8-12-23(31)24(32)14-19)29-22-5-3-2-4-18(22)9-13-25(29)33-26/h2-14,20,28,33H,15-16H2,1H3/t20-,28+/m0/s1. The SMILES string of the molecule is COc1ccc([C@@H]2CC(=O)C3=C(C2)Nc2ccc4ccccc4c2[C@H]3c2ccc(Cl)c(Cl)c2)cc1. The number of fused-ring (bicyclic) bond motifs is 3. The van der Waals surface area contributed by atoms with Crippen molar-refractivity contribution in [2.75, 3.05) is 12.4 Å². The molecule has 1 aliphatic heterocycles. The van der Waals surface area contributed by atoms with Crippen molar-refractivity contribution in [3.05, 3.63) is 117 Å². The lowest BCUT2D eigenvalue weighted by Crippen LogP contribution is -2.30.